The summed E-state index contributed by atoms with van der Waals surface area (Å²) in [5.41, 5.74) is 1.65. The monoisotopic (exact) mass is 278 g/mol. The number of aromatic nitrogens is 2. The average molecular weight is 278 g/mol. The molecule has 0 unspecified atom stereocenters. The van der Waals surface area contributed by atoms with Crippen LogP contribution in [-0.2, 0) is 0 Å². The van der Waals surface area contributed by atoms with Crippen LogP contribution in [0, 0.1) is 0 Å². The fraction of sp³-hybridized carbons (Fsp3) is 0. The number of phenols is 1. The zero-order chi connectivity index (χ0) is 14.4. The van der Waals surface area contributed by atoms with Crippen molar-refractivity contribution >= 4 is 16.6 Å². The molecule has 0 atom stereocenters. The second-order valence-corrected chi connectivity index (χ2v) is 4.76. The molecule has 0 amide bonds. The van der Waals surface area contributed by atoms with Gasteiger partial charge in [0.25, 0.3) is 0 Å². The molecule has 0 aliphatic heterocycles. The number of nitrogens with zero attached hydrogens (tertiary/aromatic N) is 2. The van der Waals surface area contributed by atoms with Gasteiger partial charge in [-0.25, -0.2) is 9.78 Å². The SMILES string of the molecule is O=c1oc2ccc(O)cc2cc1-c1cn2ccccc2n1. The number of phenolic OH excluding ortho intramolecular Hbond substituents is 1. The van der Waals surface area contributed by atoms with Gasteiger partial charge in [-0.3, -0.25) is 0 Å². The van der Waals surface area contributed by atoms with Crippen LogP contribution < -0.4 is 5.63 Å². The lowest BCUT2D eigenvalue weighted by atomic mass is 10.1. The van der Waals surface area contributed by atoms with Crippen molar-refractivity contribution in [2.45, 2.75) is 0 Å². The molecule has 1 N–H and O–H groups in total. The summed E-state index contributed by atoms with van der Waals surface area (Å²) in [5, 5.41) is 10.2. The highest BCUT2D eigenvalue weighted by molar-refractivity contribution is 5.82. The van der Waals surface area contributed by atoms with Gasteiger partial charge < -0.3 is 13.9 Å². The Kier molecular flexibility index (Phi) is 2.35. The third kappa shape index (κ3) is 1.87. The first kappa shape index (κ1) is 11.7. The third-order valence-corrected chi connectivity index (χ3v) is 3.36. The van der Waals surface area contributed by atoms with E-state index in [1.54, 1.807) is 24.4 Å². The van der Waals surface area contributed by atoms with E-state index < -0.39 is 5.63 Å². The average Bonchev–Trinajstić information content (AvgIpc) is 2.90. The Morgan fingerprint density at radius 2 is 2.05 bits per heavy atom. The molecule has 102 valence electrons. The summed E-state index contributed by atoms with van der Waals surface area (Å²) in [6.07, 6.45) is 3.64. The van der Waals surface area contributed by atoms with E-state index in [9.17, 15) is 9.90 Å². The molecular formula is C16H10N2O3. The molecular weight excluding hydrogens is 268 g/mol. The molecule has 5 heteroatoms. The normalized spacial score (nSPS) is 11.2. The lowest BCUT2D eigenvalue weighted by Gasteiger charge is -2.00. The van der Waals surface area contributed by atoms with Gasteiger partial charge in [-0.2, -0.15) is 0 Å². The van der Waals surface area contributed by atoms with Crippen molar-refractivity contribution in [2.75, 3.05) is 0 Å². The summed E-state index contributed by atoms with van der Waals surface area (Å²) in [6, 6.07) is 11.9. The van der Waals surface area contributed by atoms with Crippen LogP contribution >= 0.6 is 0 Å². The Morgan fingerprint density at radius 1 is 1.14 bits per heavy atom. The standard InChI is InChI=1S/C16H10N2O3/c19-11-4-5-14-10(7-11)8-12(16(20)21-14)13-9-18-6-2-1-3-15(18)17-13/h1-9,19H. The summed E-state index contributed by atoms with van der Waals surface area (Å²) >= 11 is 0. The molecule has 3 aromatic heterocycles. The maximum atomic E-state index is 12.1. The molecule has 1 aromatic carbocycles. The van der Waals surface area contributed by atoms with E-state index in [-0.39, 0.29) is 5.75 Å². The Hall–Kier alpha value is -3.08. The van der Waals surface area contributed by atoms with E-state index in [4.69, 9.17) is 4.42 Å². The largest absolute Gasteiger partial charge is 0.508 e. The molecule has 0 fully saturated rings. The van der Waals surface area contributed by atoms with Crippen molar-refractivity contribution in [3.63, 3.8) is 0 Å². The van der Waals surface area contributed by atoms with E-state index in [1.807, 2.05) is 28.8 Å². The Labute approximate surface area is 118 Å². The zero-order valence-electron chi connectivity index (χ0n) is 10.9. The second kappa shape index (κ2) is 4.21. The predicted molar refractivity (Wildman–Crippen MR) is 78.3 cm³/mol. The maximum Gasteiger partial charge on any atom is 0.345 e. The van der Waals surface area contributed by atoms with Gasteiger partial charge in [0.1, 0.15) is 17.0 Å². The molecule has 4 aromatic rings. The molecule has 0 aliphatic carbocycles. The van der Waals surface area contributed by atoms with E-state index in [2.05, 4.69) is 4.98 Å². The summed E-state index contributed by atoms with van der Waals surface area (Å²) < 4.78 is 7.12. The number of rotatable bonds is 1. The first-order chi connectivity index (χ1) is 10.2. The molecule has 0 aliphatic rings. The highest BCUT2D eigenvalue weighted by Gasteiger charge is 2.11. The minimum Gasteiger partial charge on any atom is -0.508 e. The van der Waals surface area contributed by atoms with Crippen LogP contribution in [0.4, 0.5) is 0 Å². The number of imidazole rings is 1. The zero-order valence-corrected chi connectivity index (χ0v) is 10.9. The number of benzene rings is 1. The van der Waals surface area contributed by atoms with Gasteiger partial charge in [0.2, 0.25) is 0 Å². The van der Waals surface area contributed by atoms with Crippen molar-refractivity contribution in [3.05, 3.63) is 65.3 Å². The minimum atomic E-state index is -0.448. The first-order valence-electron chi connectivity index (χ1n) is 6.42. The van der Waals surface area contributed by atoms with E-state index in [0.29, 0.717) is 22.2 Å². The molecule has 3 heterocycles. The first-order valence-corrected chi connectivity index (χ1v) is 6.42. The number of pyridine rings is 1. The highest BCUT2D eigenvalue weighted by atomic mass is 16.4. The minimum absolute atomic E-state index is 0.123. The van der Waals surface area contributed by atoms with Gasteiger partial charge >= 0.3 is 5.63 Å². The van der Waals surface area contributed by atoms with Gasteiger partial charge in [0.05, 0.1) is 11.3 Å². The number of aromatic hydroxyl groups is 1. The van der Waals surface area contributed by atoms with Crippen molar-refractivity contribution in [1.82, 2.24) is 9.38 Å². The number of hydrogen-bond donors (Lipinski definition) is 1. The molecule has 0 saturated heterocycles. The van der Waals surface area contributed by atoms with E-state index in [0.717, 1.165) is 5.65 Å². The number of fused-ring (bicyclic) bond motifs is 2. The van der Waals surface area contributed by atoms with Gasteiger partial charge in [0, 0.05) is 17.8 Å². The lowest BCUT2D eigenvalue weighted by Crippen LogP contribution is -2.02. The van der Waals surface area contributed by atoms with Crippen molar-refractivity contribution in [1.29, 1.82) is 0 Å². The summed E-state index contributed by atoms with van der Waals surface area (Å²) in [7, 11) is 0. The van der Waals surface area contributed by atoms with E-state index in [1.165, 1.54) is 6.07 Å². The van der Waals surface area contributed by atoms with Crippen LogP contribution in [0.25, 0.3) is 27.9 Å². The summed E-state index contributed by atoms with van der Waals surface area (Å²) in [6.45, 7) is 0. The van der Waals surface area contributed by atoms with Crippen molar-refractivity contribution in [2.24, 2.45) is 0 Å². The van der Waals surface area contributed by atoms with Crippen LogP contribution in [0.15, 0.2) is 64.1 Å². The van der Waals surface area contributed by atoms with Gasteiger partial charge in [-0.05, 0) is 36.4 Å². The topological polar surface area (TPSA) is 67.7 Å². The Morgan fingerprint density at radius 3 is 2.90 bits per heavy atom. The van der Waals surface area contributed by atoms with Gasteiger partial charge in [-0.1, -0.05) is 6.07 Å². The highest BCUT2D eigenvalue weighted by Crippen LogP contribution is 2.23. The van der Waals surface area contributed by atoms with Crippen LogP contribution in [0.2, 0.25) is 0 Å². The van der Waals surface area contributed by atoms with Gasteiger partial charge in [0.15, 0.2) is 0 Å². The fourth-order valence-corrected chi connectivity index (χ4v) is 2.35. The van der Waals surface area contributed by atoms with Crippen LogP contribution in [0.1, 0.15) is 0 Å². The van der Waals surface area contributed by atoms with Crippen LogP contribution in [-0.4, -0.2) is 14.5 Å². The third-order valence-electron chi connectivity index (χ3n) is 3.36. The molecule has 0 spiro atoms. The van der Waals surface area contributed by atoms with Crippen LogP contribution in [0.3, 0.4) is 0 Å². The summed E-state index contributed by atoms with van der Waals surface area (Å²) in [5.74, 6) is 0.123. The fourth-order valence-electron chi connectivity index (χ4n) is 2.35. The van der Waals surface area contributed by atoms with E-state index >= 15 is 0 Å². The molecule has 5 nitrogen and oxygen atoms in total. The Bertz CT molecular complexity index is 997. The van der Waals surface area contributed by atoms with Crippen LogP contribution in [0.5, 0.6) is 5.75 Å². The number of hydrogen-bond acceptors (Lipinski definition) is 4. The summed E-state index contributed by atoms with van der Waals surface area (Å²) in [4.78, 5) is 16.5. The molecule has 4 rings (SSSR count). The molecule has 21 heavy (non-hydrogen) atoms. The van der Waals surface area contributed by atoms with Crippen molar-refractivity contribution in [3.8, 4) is 17.0 Å². The second-order valence-electron chi connectivity index (χ2n) is 4.76. The molecule has 0 radical (unpaired) electrons. The maximum absolute atomic E-state index is 12.1. The lowest BCUT2D eigenvalue weighted by molar-refractivity contribution is 0.475. The predicted octanol–water partition coefficient (Wildman–Crippen LogP) is 2.81. The Balaban J connectivity index is 2.00. The molecule has 0 saturated carbocycles. The quantitative estimate of drug-likeness (QED) is 0.544. The molecule has 0 bridgehead atoms. The van der Waals surface area contributed by atoms with Gasteiger partial charge in [-0.15, -0.1) is 0 Å². The van der Waals surface area contributed by atoms with Crippen molar-refractivity contribution < 1.29 is 9.52 Å². The smallest absolute Gasteiger partial charge is 0.345 e.